The van der Waals surface area contributed by atoms with Crippen LogP contribution in [0.4, 0.5) is 5.00 Å². The summed E-state index contributed by atoms with van der Waals surface area (Å²) in [6.45, 7) is 1.43. The van der Waals surface area contributed by atoms with Gasteiger partial charge in [-0.3, -0.25) is 9.59 Å². The molecule has 106 valence electrons. The van der Waals surface area contributed by atoms with Gasteiger partial charge in [0.25, 0.3) is 0 Å². The van der Waals surface area contributed by atoms with Crippen LogP contribution in [-0.4, -0.2) is 31.4 Å². The predicted octanol–water partition coefficient (Wildman–Crippen LogP) is 0.834. The molecule has 0 saturated carbocycles. The molecule has 2 aliphatic rings. The van der Waals surface area contributed by atoms with Gasteiger partial charge in [-0.15, -0.1) is 11.3 Å². The summed E-state index contributed by atoms with van der Waals surface area (Å²) in [6, 6.07) is 0. The van der Waals surface area contributed by atoms with E-state index in [-0.39, 0.29) is 24.7 Å². The first-order valence-electron chi connectivity index (χ1n) is 6.43. The van der Waals surface area contributed by atoms with Crippen LogP contribution >= 0.6 is 11.3 Å². The molecule has 0 aromatic carbocycles. The number of esters is 1. The third-order valence-electron chi connectivity index (χ3n) is 3.55. The number of nitrogens with one attached hydrogen (secondary N) is 1. The van der Waals surface area contributed by atoms with Gasteiger partial charge < -0.3 is 10.1 Å². The van der Waals surface area contributed by atoms with Crippen molar-refractivity contribution >= 4 is 34.1 Å². The molecule has 3 heterocycles. The smallest absolute Gasteiger partial charge is 0.341 e. The van der Waals surface area contributed by atoms with Gasteiger partial charge in [0.1, 0.15) is 5.00 Å². The molecule has 1 N–H and O–H groups in total. The number of amides is 2. The summed E-state index contributed by atoms with van der Waals surface area (Å²) in [5.41, 5.74) is 1.29. The van der Waals surface area contributed by atoms with Gasteiger partial charge >= 0.3 is 5.97 Å². The number of carbonyl (C=O) groups excluding carboxylic acids is 3. The molecule has 0 spiro atoms. The quantitative estimate of drug-likeness (QED) is 0.646. The molecule has 1 fully saturated rings. The number of ether oxygens (including phenoxy) is 1. The van der Waals surface area contributed by atoms with E-state index in [0.717, 1.165) is 21.9 Å². The Morgan fingerprint density at radius 3 is 2.60 bits per heavy atom. The highest BCUT2D eigenvalue weighted by Gasteiger charge is 2.37. The van der Waals surface area contributed by atoms with Crippen molar-refractivity contribution < 1.29 is 19.1 Å². The Balaban J connectivity index is 2.14. The molecule has 1 aromatic rings. The molecule has 20 heavy (non-hydrogen) atoms. The Hall–Kier alpha value is -1.73. The highest BCUT2D eigenvalue weighted by molar-refractivity contribution is 7.17. The number of nitrogens with zero attached hydrogens (tertiary/aromatic N) is 1. The van der Waals surface area contributed by atoms with E-state index in [1.165, 1.54) is 18.4 Å². The van der Waals surface area contributed by atoms with Crippen LogP contribution in [0.3, 0.4) is 0 Å². The molecule has 0 bridgehead atoms. The molecule has 0 atom stereocenters. The van der Waals surface area contributed by atoms with Gasteiger partial charge in [-0.05, 0) is 18.5 Å². The second-order valence-electron chi connectivity index (χ2n) is 4.73. The fourth-order valence-electron chi connectivity index (χ4n) is 2.59. The van der Waals surface area contributed by atoms with E-state index in [0.29, 0.717) is 23.5 Å². The summed E-state index contributed by atoms with van der Waals surface area (Å²) >= 11 is 1.33. The Morgan fingerprint density at radius 1 is 1.25 bits per heavy atom. The predicted molar refractivity (Wildman–Crippen MR) is 72.8 cm³/mol. The van der Waals surface area contributed by atoms with Gasteiger partial charge in [0.05, 0.1) is 12.7 Å². The average molecular weight is 294 g/mol. The van der Waals surface area contributed by atoms with E-state index in [1.54, 1.807) is 0 Å². The molecule has 3 rings (SSSR count). The van der Waals surface area contributed by atoms with Crippen molar-refractivity contribution in [2.75, 3.05) is 18.6 Å². The van der Waals surface area contributed by atoms with Gasteiger partial charge in [0.2, 0.25) is 11.8 Å². The Labute approximate surface area is 119 Å². The molecule has 0 radical (unpaired) electrons. The summed E-state index contributed by atoms with van der Waals surface area (Å²) in [4.78, 5) is 38.0. The second kappa shape index (κ2) is 4.99. The number of fused-ring (bicyclic) bond motifs is 1. The molecule has 0 unspecified atom stereocenters. The first kappa shape index (κ1) is 13.3. The number of hydrogen-bond donors (Lipinski definition) is 1. The SMILES string of the molecule is COC(=O)c1c(N2C(=O)CCC2=O)sc2c1CCNC2. The van der Waals surface area contributed by atoms with Gasteiger partial charge in [0.15, 0.2) is 0 Å². The van der Waals surface area contributed by atoms with Crippen LogP contribution in [-0.2, 0) is 27.3 Å². The van der Waals surface area contributed by atoms with Crippen LogP contribution < -0.4 is 10.2 Å². The standard InChI is InChI=1S/C13H14N2O4S/c1-19-13(18)11-7-4-5-14-6-8(7)20-12(11)15-9(16)2-3-10(15)17/h14H,2-6H2,1H3. The zero-order valence-electron chi connectivity index (χ0n) is 11.0. The average Bonchev–Trinajstić information content (AvgIpc) is 2.98. The van der Waals surface area contributed by atoms with Crippen molar-refractivity contribution in [2.24, 2.45) is 0 Å². The molecule has 2 aliphatic heterocycles. The topological polar surface area (TPSA) is 75.7 Å². The first-order chi connectivity index (χ1) is 9.63. The van der Waals surface area contributed by atoms with Crippen LogP contribution in [0.1, 0.15) is 33.6 Å². The van der Waals surface area contributed by atoms with Crippen molar-refractivity contribution in [2.45, 2.75) is 25.8 Å². The molecule has 2 amide bonds. The summed E-state index contributed by atoms with van der Waals surface area (Å²) in [5.74, 6) is -0.967. The van der Waals surface area contributed by atoms with Crippen molar-refractivity contribution in [3.63, 3.8) is 0 Å². The lowest BCUT2D eigenvalue weighted by molar-refractivity contribution is -0.121. The molecule has 0 aliphatic carbocycles. The van der Waals surface area contributed by atoms with Crippen molar-refractivity contribution in [3.8, 4) is 0 Å². The van der Waals surface area contributed by atoms with Crippen molar-refractivity contribution in [1.29, 1.82) is 0 Å². The van der Waals surface area contributed by atoms with E-state index in [2.05, 4.69) is 5.32 Å². The van der Waals surface area contributed by atoms with Gasteiger partial charge in [-0.1, -0.05) is 0 Å². The van der Waals surface area contributed by atoms with Crippen molar-refractivity contribution in [1.82, 2.24) is 5.32 Å². The lowest BCUT2D eigenvalue weighted by atomic mass is 10.0. The fourth-order valence-corrected chi connectivity index (χ4v) is 3.93. The number of carbonyl (C=O) groups is 3. The van der Waals surface area contributed by atoms with Gasteiger partial charge in [0, 0.05) is 24.3 Å². The zero-order valence-corrected chi connectivity index (χ0v) is 11.8. The minimum atomic E-state index is -0.480. The van der Waals surface area contributed by atoms with Gasteiger partial charge in [-0.25, -0.2) is 9.69 Å². The van der Waals surface area contributed by atoms with Crippen LogP contribution in [0.2, 0.25) is 0 Å². The minimum absolute atomic E-state index is 0.209. The van der Waals surface area contributed by atoms with Crippen LogP contribution in [0, 0.1) is 0 Å². The largest absolute Gasteiger partial charge is 0.465 e. The molecular formula is C13H14N2O4S. The lowest BCUT2D eigenvalue weighted by Crippen LogP contribution is -2.29. The molecule has 1 aromatic heterocycles. The first-order valence-corrected chi connectivity index (χ1v) is 7.24. The van der Waals surface area contributed by atoms with E-state index in [9.17, 15) is 14.4 Å². The van der Waals surface area contributed by atoms with E-state index < -0.39 is 5.97 Å². The Morgan fingerprint density at radius 2 is 1.95 bits per heavy atom. The van der Waals surface area contributed by atoms with E-state index >= 15 is 0 Å². The normalized spacial score (nSPS) is 18.4. The summed E-state index contributed by atoms with van der Waals surface area (Å²) < 4.78 is 4.83. The number of hydrogen-bond acceptors (Lipinski definition) is 6. The third kappa shape index (κ3) is 1.94. The molecule has 1 saturated heterocycles. The number of imide groups is 1. The third-order valence-corrected chi connectivity index (χ3v) is 4.77. The highest BCUT2D eigenvalue weighted by Crippen LogP contribution is 2.40. The zero-order chi connectivity index (χ0) is 14.3. The minimum Gasteiger partial charge on any atom is -0.465 e. The molecular weight excluding hydrogens is 280 g/mol. The maximum atomic E-state index is 12.1. The lowest BCUT2D eigenvalue weighted by Gasteiger charge is -2.15. The number of thiophene rings is 1. The van der Waals surface area contributed by atoms with E-state index in [1.807, 2.05) is 0 Å². The maximum absolute atomic E-state index is 12.1. The molecule has 7 heteroatoms. The maximum Gasteiger partial charge on any atom is 0.341 e. The number of anilines is 1. The highest BCUT2D eigenvalue weighted by atomic mass is 32.1. The second-order valence-corrected chi connectivity index (χ2v) is 5.81. The summed E-state index contributed by atoms with van der Waals surface area (Å²) in [6.07, 6.45) is 1.12. The van der Waals surface area contributed by atoms with Crippen LogP contribution in [0.5, 0.6) is 0 Å². The van der Waals surface area contributed by atoms with Crippen molar-refractivity contribution in [3.05, 3.63) is 16.0 Å². The Bertz CT molecular complexity index is 592. The monoisotopic (exact) mass is 294 g/mol. The van der Waals surface area contributed by atoms with Crippen LogP contribution in [0.15, 0.2) is 0 Å². The molecule has 6 nitrogen and oxygen atoms in total. The van der Waals surface area contributed by atoms with Crippen LogP contribution in [0.25, 0.3) is 0 Å². The number of methoxy groups -OCH3 is 1. The summed E-state index contributed by atoms with van der Waals surface area (Å²) in [7, 11) is 1.31. The fraction of sp³-hybridized carbons (Fsp3) is 0.462. The van der Waals surface area contributed by atoms with Gasteiger partial charge in [-0.2, -0.15) is 0 Å². The summed E-state index contributed by atoms with van der Waals surface area (Å²) in [5, 5.41) is 3.65. The van der Waals surface area contributed by atoms with E-state index in [4.69, 9.17) is 4.74 Å². The number of rotatable bonds is 2. The Kier molecular flexibility index (Phi) is 3.31.